The molecule has 0 aliphatic heterocycles. The normalized spacial score (nSPS) is 10.5. The molecule has 0 radical (unpaired) electrons. The summed E-state index contributed by atoms with van der Waals surface area (Å²) in [4.78, 5) is 21.5. The summed E-state index contributed by atoms with van der Waals surface area (Å²) >= 11 is 0. The van der Waals surface area contributed by atoms with Crippen molar-refractivity contribution in [1.82, 2.24) is 0 Å². The standard InChI is InChI=1S/C14H16O5/c1-14(2,3)19-12(8-15)10-6-4-5-7-11(10)18-9-13(16)17/h4-7H,9H2,1-3H3,(H,16,17). The van der Waals surface area contributed by atoms with Gasteiger partial charge in [0.2, 0.25) is 5.76 Å². The van der Waals surface area contributed by atoms with Crippen LogP contribution >= 0.6 is 0 Å². The van der Waals surface area contributed by atoms with E-state index in [-0.39, 0.29) is 11.5 Å². The number of hydrogen-bond acceptors (Lipinski definition) is 4. The number of para-hydroxylation sites is 1. The minimum Gasteiger partial charge on any atom is -0.481 e. The molecule has 5 heteroatoms. The topological polar surface area (TPSA) is 72.8 Å². The van der Waals surface area contributed by atoms with E-state index in [1.54, 1.807) is 51.0 Å². The van der Waals surface area contributed by atoms with E-state index in [2.05, 4.69) is 0 Å². The van der Waals surface area contributed by atoms with Crippen LogP contribution in [0.3, 0.4) is 0 Å². The van der Waals surface area contributed by atoms with Gasteiger partial charge in [-0.25, -0.2) is 9.59 Å². The third-order valence-corrected chi connectivity index (χ3v) is 1.98. The molecule has 0 saturated heterocycles. The Morgan fingerprint density at radius 1 is 1.32 bits per heavy atom. The molecule has 1 aromatic rings. The number of carboxylic acids is 1. The van der Waals surface area contributed by atoms with Crippen molar-refractivity contribution in [3.05, 3.63) is 29.8 Å². The van der Waals surface area contributed by atoms with Gasteiger partial charge in [0, 0.05) is 0 Å². The van der Waals surface area contributed by atoms with Crippen LogP contribution in [0.5, 0.6) is 5.75 Å². The SMILES string of the molecule is CC(C)(C)OC(=C=O)c1ccccc1OCC(=O)O. The van der Waals surface area contributed by atoms with Crippen LogP contribution in [0.4, 0.5) is 0 Å². The smallest absolute Gasteiger partial charge is 0.341 e. The molecular weight excluding hydrogens is 248 g/mol. The maximum Gasteiger partial charge on any atom is 0.341 e. The third-order valence-electron chi connectivity index (χ3n) is 1.98. The Bertz CT molecular complexity index is 507. The number of carboxylic acid groups (broad SMARTS) is 1. The average Bonchev–Trinajstić information content (AvgIpc) is 2.33. The first-order valence-electron chi connectivity index (χ1n) is 5.71. The number of carbonyl (C=O) groups is 1. The molecule has 0 bridgehead atoms. The molecule has 0 heterocycles. The molecule has 0 aliphatic carbocycles. The first-order chi connectivity index (χ1) is 8.83. The highest BCUT2D eigenvalue weighted by atomic mass is 16.5. The van der Waals surface area contributed by atoms with E-state index in [4.69, 9.17) is 14.6 Å². The van der Waals surface area contributed by atoms with Gasteiger partial charge in [0.1, 0.15) is 11.4 Å². The highest BCUT2D eigenvalue weighted by Gasteiger charge is 2.19. The summed E-state index contributed by atoms with van der Waals surface area (Å²) in [6, 6.07) is 6.57. The molecule has 1 rings (SSSR count). The largest absolute Gasteiger partial charge is 0.481 e. The zero-order valence-corrected chi connectivity index (χ0v) is 11.1. The molecule has 0 atom stereocenters. The van der Waals surface area contributed by atoms with E-state index in [9.17, 15) is 9.59 Å². The molecule has 0 amide bonds. The predicted octanol–water partition coefficient (Wildman–Crippen LogP) is 2.14. The quantitative estimate of drug-likeness (QED) is 0.651. The van der Waals surface area contributed by atoms with Crippen LogP contribution < -0.4 is 4.74 Å². The van der Waals surface area contributed by atoms with Crippen molar-refractivity contribution in [1.29, 1.82) is 0 Å². The summed E-state index contributed by atoms with van der Waals surface area (Å²) in [5.74, 6) is 0.890. The lowest BCUT2D eigenvalue weighted by molar-refractivity contribution is -0.139. The van der Waals surface area contributed by atoms with Crippen molar-refractivity contribution >= 4 is 17.7 Å². The maximum absolute atomic E-state index is 11.0. The van der Waals surface area contributed by atoms with Gasteiger partial charge in [0.25, 0.3) is 0 Å². The molecule has 0 aliphatic rings. The number of aliphatic carboxylic acids is 1. The van der Waals surface area contributed by atoms with Crippen LogP contribution in [-0.2, 0) is 14.3 Å². The van der Waals surface area contributed by atoms with Gasteiger partial charge in [-0.1, -0.05) is 12.1 Å². The minimum absolute atomic E-state index is 0.00603. The van der Waals surface area contributed by atoms with Crippen LogP contribution in [0.25, 0.3) is 5.76 Å². The Labute approximate surface area is 111 Å². The van der Waals surface area contributed by atoms with E-state index in [1.807, 2.05) is 0 Å². The number of benzene rings is 1. The van der Waals surface area contributed by atoms with Crippen molar-refractivity contribution in [3.8, 4) is 5.75 Å². The molecular formula is C14H16O5. The molecule has 1 aromatic carbocycles. The van der Waals surface area contributed by atoms with Gasteiger partial charge in [-0.05, 0) is 32.9 Å². The summed E-state index contributed by atoms with van der Waals surface area (Å²) in [5.41, 5.74) is -0.180. The van der Waals surface area contributed by atoms with Crippen LogP contribution in [0.1, 0.15) is 26.3 Å². The van der Waals surface area contributed by atoms with E-state index in [1.165, 1.54) is 0 Å². The number of carbonyl (C=O) groups excluding carboxylic acids is 1. The number of ether oxygens (including phenoxy) is 2. The first-order valence-corrected chi connectivity index (χ1v) is 5.71. The Morgan fingerprint density at radius 2 is 1.95 bits per heavy atom. The van der Waals surface area contributed by atoms with E-state index in [0.29, 0.717) is 5.56 Å². The Kier molecular flexibility index (Phi) is 4.73. The lowest BCUT2D eigenvalue weighted by Gasteiger charge is -2.22. The fraction of sp³-hybridized carbons (Fsp3) is 0.357. The Morgan fingerprint density at radius 3 is 2.47 bits per heavy atom. The van der Waals surface area contributed by atoms with Crippen LogP contribution in [0.15, 0.2) is 24.3 Å². The highest BCUT2D eigenvalue weighted by Crippen LogP contribution is 2.28. The molecule has 0 fully saturated rings. The first kappa shape index (κ1) is 14.8. The Balaban J connectivity index is 3.04. The third kappa shape index (κ3) is 4.85. The number of hydrogen-bond donors (Lipinski definition) is 1. The second-order valence-corrected chi connectivity index (χ2v) is 4.82. The maximum atomic E-state index is 11.0. The van der Waals surface area contributed by atoms with Crippen LogP contribution in [-0.4, -0.2) is 29.2 Å². The summed E-state index contributed by atoms with van der Waals surface area (Å²) in [7, 11) is 0. The molecule has 0 saturated carbocycles. The Hall–Kier alpha value is -2.26. The molecule has 19 heavy (non-hydrogen) atoms. The van der Waals surface area contributed by atoms with Gasteiger partial charge < -0.3 is 14.6 Å². The summed E-state index contributed by atoms with van der Waals surface area (Å²) in [5, 5.41) is 8.61. The van der Waals surface area contributed by atoms with Gasteiger partial charge in [-0.15, -0.1) is 0 Å². The molecule has 5 nitrogen and oxygen atoms in total. The second kappa shape index (κ2) is 6.07. The fourth-order valence-electron chi connectivity index (χ4n) is 1.36. The van der Waals surface area contributed by atoms with Crippen LogP contribution in [0, 0.1) is 0 Å². The zero-order valence-electron chi connectivity index (χ0n) is 11.1. The second-order valence-electron chi connectivity index (χ2n) is 4.82. The van der Waals surface area contributed by atoms with Crippen molar-refractivity contribution in [2.45, 2.75) is 26.4 Å². The van der Waals surface area contributed by atoms with Gasteiger partial charge >= 0.3 is 5.97 Å². The monoisotopic (exact) mass is 264 g/mol. The summed E-state index contributed by atoms with van der Waals surface area (Å²) in [6.45, 7) is 4.90. The van der Waals surface area contributed by atoms with E-state index in [0.717, 1.165) is 0 Å². The van der Waals surface area contributed by atoms with E-state index >= 15 is 0 Å². The molecule has 102 valence electrons. The minimum atomic E-state index is -1.09. The van der Waals surface area contributed by atoms with Gasteiger partial charge in [-0.2, -0.15) is 0 Å². The summed E-state index contributed by atoms with van der Waals surface area (Å²) < 4.78 is 10.6. The zero-order chi connectivity index (χ0) is 14.5. The van der Waals surface area contributed by atoms with Crippen molar-refractivity contribution in [3.63, 3.8) is 0 Å². The van der Waals surface area contributed by atoms with E-state index < -0.39 is 18.2 Å². The predicted molar refractivity (Wildman–Crippen MR) is 69.5 cm³/mol. The molecule has 0 unspecified atom stereocenters. The van der Waals surface area contributed by atoms with Gasteiger partial charge in [0.05, 0.1) is 5.56 Å². The molecule has 0 spiro atoms. The lowest BCUT2D eigenvalue weighted by Crippen LogP contribution is -2.19. The fourth-order valence-corrected chi connectivity index (χ4v) is 1.36. The van der Waals surface area contributed by atoms with Gasteiger partial charge in [-0.3, -0.25) is 0 Å². The number of rotatable bonds is 5. The van der Waals surface area contributed by atoms with Crippen molar-refractivity contribution in [2.75, 3.05) is 6.61 Å². The molecule has 1 N–H and O–H groups in total. The molecule has 0 aromatic heterocycles. The van der Waals surface area contributed by atoms with Crippen LogP contribution in [0.2, 0.25) is 0 Å². The van der Waals surface area contributed by atoms with Crippen molar-refractivity contribution < 1.29 is 24.2 Å². The average molecular weight is 264 g/mol. The summed E-state index contributed by atoms with van der Waals surface area (Å²) in [6.07, 6.45) is 0. The van der Waals surface area contributed by atoms with Gasteiger partial charge in [0.15, 0.2) is 12.5 Å². The van der Waals surface area contributed by atoms with Crippen molar-refractivity contribution in [2.24, 2.45) is 0 Å². The lowest BCUT2D eigenvalue weighted by atomic mass is 10.1. The highest BCUT2D eigenvalue weighted by molar-refractivity contribution is 5.85.